The van der Waals surface area contributed by atoms with Gasteiger partial charge in [-0.15, -0.1) is 0 Å². The van der Waals surface area contributed by atoms with Crippen molar-refractivity contribution in [2.24, 2.45) is 0 Å². The summed E-state index contributed by atoms with van der Waals surface area (Å²) >= 11 is 0. The quantitative estimate of drug-likeness (QED) is 0.519. The van der Waals surface area contributed by atoms with E-state index in [0.717, 1.165) is 41.7 Å². The number of rotatable bonds is 10. The van der Waals surface area contributed by atoms with E-state index in [1.807, 2.05) is 37.3 Å². The van der Waals surface area contributed by atoms with Crippen LogP contribution in [-0.2, 0) is 4.79 Å². The molecule has 8 nitrogen and oxygen atoms in total. The maximum atomic E-state index is 12.5. The summed E-state index contributed by atoms with van der Waals surface area (Å²) < 4.78 is 5.13. The lowest BCUT2D eigenvalue weighted by Gasteiger charge is -2.20. The van der Waals surface area contributed by atoms with Crippen molar-refractivity contribution in [3.8, 4) is 17.0 Å². The molecule has 1 atom stereocenters. The molecule has 164 valence electrons. The maximum Gasteiger partial charge on any atom is 0.242 e. The second-order valence-electron chi connectivity index (χ2n) is 7.23. The number of hydrogen-bond acceptors (Lipinski definition) is 7. The van der Waals surface area contributed by atoms with Gasteiger partial charge in [0.25, 0.3) is 0 Å². The fourth-order valence-corrected chi connectivity index (χ4v) is 3.32. The van der Waals surface area contributed by atoms with E-state index in [0.29, 0.717) is 18.2 Å². The van der Waals surface area contributed by atoms with E-state index in [1.165, 1.54) is 6.33 Å². The lowest BCUT2D eigenvalue weighted by Crippen LogP contribution is -2.41. The number of fused-ring (bicyclic) bond motifs is 1. The van der Waals surface area contributed by atoms with Gasteiger partial charge in [0.2, 0.25) is 11.8 Å². The first-order valence-corrected chi connectivity index (χ1v) is 10.6. The summed E-state index contributed by atoms with van der Waals surface area (Å²) in [6.07, 6.45) is 3.27. The molecule has 2 N–H and O–H groups in total. The Morgan fingerprint density at radius 2 is 1.87 bits per heavy atom. The van der Waals surface area contributed by atoms with Crippen molar-refractivity contribution in [2.75, 3.05) is 38.6 Å². The second kappa shape index (κ2) is 10.7. The van der Waals surface area contributed by atoms with Crippen LogP contribution in [0.15, 0.2) is 42.9 Å². The summed E-state index contributed by atoms with van der Waals surface area (Å²) in [5, 5.41) is 7.07. The van der Waals surface area contributed by atoms with E-state index in [2.05, 4.69) is 44.3 Å². The Labute approximate surface area is 183 Å². The van der Waals surface area contributed by atoms with Crippen molar-refractivity contribution in [3.05, 3.63) is 42.9 Å². The number of nitrogens with one attached hydrogen (secondary N) is 2. The molecule has 0 aliphatic rings. The first-order chi connectivity index (χ1) is 15.0. The zero-order valence-corrected chi connectivity index (χ0v) is 18.6. The lowest BCUT2D eigenvalue weighted by atomic mass is 10.1. The van der Waals surface area contributed by atoms with Crippen LogP contribution in [0.4, 0.5) is 5.82 Å². The van der Waals surface area contributed by atoms with Crippen molar-refractivity contribution >= 4 is 22.6 Å². The molecule has 2 heterocycles. The highest BCUT2D eigenvalue weighted by Crippen LogP contribution is 2.27. The number of nitrogens with zero attached hydrogens (tertiary/aromatic N) is 4. The van der Waals surface area contributed by atoms with E-state index < -0.39 is 6.04 Å². The molecule has 3 aromatic rings. The van der Waals surface area contributed by atoms with Crippen LogP contribution in [0.5, 0.6) is 5.88 Å². The van der Waals surface area contributed by atoms with Gasteiger partial charge in [0.05, 0.1) is 12.6 Å². The minimum absolute atomic E-state index is 0.0607. The molecule has 0 bridgehead atoms. The fourth-order valence-electron chi connectivity index (χ4n) is 3.32. The molecule has 1 amide bonds. The molecule has 0 aliphatic carbocycles. The normalized spacial score (nSPS) is 12.0. The van der Waals surface area contributed by atoms with Gasteiger partial charge in [0, 0.05) is 36.3 Å². The monoisotopic (exact) mass is 422 g/mol. The van der Waals surface area contributed by atoms with E-state index in [1.54, 1.807) is 13.3 Å². The summed E-state index contributed by atoms with van der Waals surface area (Å²) in [7, 11) is 1.59. The molecule has 0 spiro atoms. The van der Waals surface area contributed by atoms with Gasteiger partial charge < -0.3 is 20.3 Å². The van der Waals surface area contributed by atoms with Crippen LogP contribution in [0.1, 0.15) is 20.8 Å². The molecule has 31 heavy (non-hydrogen) atoms. The van der Waals surface area contributed by atoms with Crippen LogP contribution < -0.4 is 15.4 Å². The number of anilines is 1. The summed E-state index contributed by atoms with van der Waals surface area (Å²) in [5.74, 6) is 1.13. The van der Waals surface area contributed by atoms with Gasteiger partial charge in [0.15, 0.2) is 0 Å². The summed E-state index contributed by atoms with van der Waals surface area (Å²) in [4.78, 5) is 27.8. The first kappa shape index (κ1) is 22.4. The molecule has 0 saturated carbocycles. The molecule has 3 rings (SSSR count). The van der Waals surface area contributed by atoms with E-state index >= 15 is 0 Å². The van der Waals surface area contributed by atoms with Gasteiger partial charge in [-0.3, -0.25) is 4.79 Å². The molecular formula is C23H30N6O2. The predicted molar refractivity (Wildman–Crippen MR) is 123 cm³/mol. The number of carbonyl (C=O) groups is 1. The molecule has 0 radical (unpaired) electrons. The second-order valence-corrected chi connectivity index (χ2v) is 7.23. The zero-order chi connectivity index (χ0) is 22.2. The van der Waals surface area contributed by atoms with E-state index in [4.69, 9.17) is 4.74 Å². The van der Waals surface area contributed by atoms with Crippen LogP contribution in [0.25, 0.3) is 22.0 Å². The maximum absolute atomic E-state index is 12.5. The third-order valence-corrected chi connectivity index (χ3v) is 5.28. The Bertz CT molecular complexity index is 1000. The number of aromatic nitrogens is 3. The Morgan fingerprint density at radius 1 is 1.10 bits per heavy atom. The number of methoxy groups -OCH3 is 1. The first-order valence-electron chi connectivity index (χ1n) is 10.6. The van der Waals surface area contributed by atoms with Crippen molar-refractivity contribution < 1.29 is 9.53 Å². The van der Waals surface area contributed by atoms with Gasteiger partial charge in [-0.2, -0.15) is 0 Å². The number of likely N-dealkylation sites (N-methyl/N-ethyl adjacent to an activating group) is 1. The van der Waals surface area contributed by atoms with Crippen molar-refractivity contribution in [1.82, 2.24) is 25.2 Å². The highest BCUT2D eigenvalue weighted by molar-refractivity contribution is 5.94. The molecule has 2 aromatic heterocycles. The largest absolute Gasteiger partial charge is 0.481 e. The zero-order valence-electron chi connectivity index (χ0n) is 18.6. The summed E-state index contributed by atoms with van der Waals surface area (Å²) in [6, 6.07) is 9.29. The Morgan fingerprint density at radius 3 is 2.55 bits per heavy atom. The van der Waals surface area contributed by atoms with Crippen LogP contribution in [0.3, 0.4) is 0 Å². The highest BCUT2D eigenvalue weighted by atomic mass is 16.5. The van der Waals surface area contributed by atoms with Crippen molar-refractivity contribution in [2.45, 2.75) is 26.8 Å². The van der Waals surface area contributed by atoms with Crippen LogP contribution in [0, 0.1) is 0 Å². The minimum Gasteiger partial charge on any atom is -0.481 e. The van der Waals surface area contributed by atoms with Crippen molar-refractivity contribution in [3.63, 3.8) is 0 Å². The minimum atomic E-state index is -0.430. The molecule has 0 aliphatic heterocycles. The van der Waals surface area contributed by atoms with Crippen molar-refractivity contribution in [1.29, 1.82) is 0 Å². The fraction of sp³-hybridized carbons (Fsp3) is 0.391. The van der Waals surface area contributed by atoms with Crippen LogP contribution >= 0.6 is 0 Å². The number of ether oxygens (including phenoxy) is 1. The van der Waals surface area contributed by atoms with E-state index in [-0.39, 0.29) is 5.91 Å². The number of carbonyl (C=O) groups excluding carboxylic acids is 1. The van der Waals surface area contributed by atoms with Crippen LogP contribution in [0.2, 0.25) is 0 Å². The van der Waals surface area contributed by atoms with Gasteiger partial charge in [-0.25, -0.2) is 15.0 Å². The molecule has 0 fully saturated rings. The third kappa shape index (κ3) is 5.67. The average Bonchev–Trinajstić information content (AvgIpc) is 2.81. The molecule has 0 unspecified atom stereocenters. The summed E-state index contributed by atoms with van der Waals surface area (Å²) in [5.41, 5.74) is 2.74. The Kier molecular flexibility index (Phi) is 7.72. The smallest absolute Gasteiger partial charge is 0.242 e. The average molecular weight is 423 g/mol. The highest BCUT2D eigenvalue weighted by Gasteiger charge is 2.15. The molecular weight excluding hydrogens is 392 g/mol. The lowest BCUT2D eigenvalue weighted by molar-refractivity contribution is -0.121. The third-order valence-electron chi connectivity index (χ3n) is 5.28. The predicted octanol–water partition coefficient (Wildman–Crippen LogP) is 2.96. The van der Waals surface area contributed by atoms with Gasteiger partial charge in [0.1, 0.15) is 18.2 Å². The Hall–Kier alpha value is -3.26. The number of pyridine rings is 1. The number of amides is 1. The van der Waals surface area contributed by atoms with Gasteiger partial charge in [-0.1, -0.05) is 19.9 Å². The number of benzene rings is 1. The molecule has 0 saturated heterocycles. The van der Waals surface area contributed by atoms with E-state index in [9.17, 15) is 4.79 Å². The standard InChI is InChI=1S/C23H30N6O2/c1-5-29(6-2)12-11-24-23(30)16(3)28-22-19-13-17(7-9-20(19)26-15-27-22)18-8-10-21(31-4)25-14-18/h7-10,13-16H,5-6,11-12H2,1-4H3,(H,24,30)(H,26,27,28)/t16-/m0/s1. The topological polar surface area (TPSA) is 92.3 Å². The van der Waals surface area contributed by atoms with Crippen LogP contribution in [-0.4, -0.2) is 65.1 Å². The summed E-state index contributed by atoms with van der Waals surface area (Å²) in [6.45, 7) is 9.46. The Balaban J connectivity index is 1.74. The molecule has 8 heteroatoms. The SMILES string of the molecule is CCN(CC)CCNC(=O)[C@H](C)Nc1ncnc2ccc(-c3ccc(OC)nc3)cc12. The van der Waals surface area contributed by atoms with Gasteiger partial charge >= 0.3 is 0 Å². The molecule has 1 aromatic carbocycles. The van der Waals surface area contributed by atoms with Gasteiger partial charge in [-0.05, 0) is 43.8 Å². The number of hydrogen-bond donors (Lipinski definition) is 2.